The molecule has 2 unspecified atom stereocenters. The second-order valence-electron chi connectivity index (χ2n) is 23.6. The smallest absolute Gasteiger partial charge is 0.220 e. The molecule has 0 spiro atoms. The van der Waals surface area contributed by atoms with Gasteiger partial charge >= 0.3 is 0 Å². The van der Waals surface area contributed by atoms with Gasteiger partial charge in [-0.15, -0.1) is 0 Å². The number of nitrogens with one attached hydrogen (secondary N) is 1. The van der Waals surface area contributed by atoms with Crippen LogP contribution in [0.2, 0.25) is 0 Å². The number of carbonyl (C=O) groups excluding carboxylic acids is 1. The van der Waals surface area contributed by atoms with Crippen molar-refractivity contribution in [2.24, 2.45) is 0 Å². The summed E-state index contributed by atoms with van der Waals surface area (Å²) < 4.78 is 0. The fraction of sp³-hybridized carbons (Fsp3) is 0.873. The molecule has 4 nitrogen and oxygen atoms in total. The number of aliphatic hydroxyl groups is 2. The van der Waals surface area contributed by atoms with E-state index in [4.69, 9.17) is 0 Å². The monoisotopic (exact) mass is 1050 g/mol. The Morgan fingerprint density at radius 3 is 0.853 bits per heavy atom. The fourth-order valence-electron chi connectivity index (χ4n) is 10.8. The number of rotatable bonds is 64. The molecule has 2 atom stereocenters. The summed E-state index contributed by atoms with van der Waals surface area (Å²) in [6.07, 6.45) is 93.4. The van der Waals surface area contributed by atoms with Crippen LogP contribution < -0.4 is 5.32 Å². The van der Waals surface area contributed by atoms with Crippen molar-refractivity contribution in [1.82, 2.24) is 5.32 Å². The fourth-order valence-corrected chi connectivity index (χ4v) is 10.8. The van der Waals surface area contributed by atoms with Crippen molar-refractivity contribution in [2.45, 2.75) is 392 Å². The second kappa shape index (κ2) is 66.6. The van der Waals surface area contributed by atoms with Gasteiger partial charge in [-0.3, -0.25) is 4.79 Å². The molecule has 0 aromatic rings. The maximum atomic E-state index is 12.5. The number of unbranched alkanes of at least 4 members (excludes halogenated alkanes) is 51. The van der Waals surface area contributed by atoms with Gasteiger partial charge in [0.25, 0.3) is 0 Å². The van der Waals surface area contributed by atoms with Gasteiger partial charge < -0.3 is 15.5 Å². The number of allylic oxidation sites excluding steroid dienone is 7. The summed E-state index contributed by atoms with van der Waals surface area (Å²) in [5.41, 5.74) is 0. The van der Waals surface area contributed by atoms with Gasteiger partial charge in [0.1, 0.15) is 0 Å². The lowest BCUT2D eigenvalue weighted by molar-refractivity contribution is -0.123. The van der Waals surface area contributed by atoms with Gasteiger partial charge in [0.15, 0.2) is 0 Å². The van der Waals surface area contributed by atoms with Crippen molar-refractivity contribution >= 4 is 5.91 Å². The third-order valence-corrected chi connectivity index (χ3v) is 16.0. The maximum Gasteiger partial charge on any atom is 0.220 e. The third kappa shape index (κ3) is 63.1. The van der Waals surface area contributed by atoms with Crippen molar-refractivity contribution < 1.29 is 15.0 Å². The number of aliphatic hydroxyl groups excluding tert-OH is 2. The van der Waals surface area contributed by atoms with E-state index in [1.54, 1.807) is 6.08 Å². The second-order valence-corrected chi connectivity index (χ2v) is 23.6. The molecule has 0 saturated carbocycles. The third-order valence-electron chi connectivity index (χ3n) is 16.0. The van der Waals surface area contributed by atoms with E-state index in [2.05, 4.69) is 55.6 Å². The van der Waals surface area contributed by atoms with Gasteiger partial charge in [0, 0.05) is 6.42 Å². The molecule has 0 fully saturated rings. The van der Waals surface area contributed by atoms with E-state index < -0.39 is 12.1 Å². The van der Waals surface area contributed by atoms with E-state index in [0.717, 1.165) is 38.5 Å². The minimum atomic E-state index is -0.863. The zero-order valence-corrected chi connectivity index (χ0v) is 51.1. The summed E-state index contributed by atoms with van der Waals surface area (Å²) >= 11 is 0. The van der Waals surface area contributed by atoms with E-state index in [-0.39, 0.29) is 12.5 Å². The number of carbonyl (C=O) groups is 1. The molecule has 0 rings (SSSR count). The highest BCUT2D eigenvalue weighted by atomic mass is 16.3. The number of amides is 1. The molecule has 1 amide bonds. The molecule has 0 heterocycles. The zero-order chi connectivity index (χ0) is 54.1. The van der Waals surface area contributed by atoms with Crippen LogP contribution in [0.5, 0.6) is 0 Å². The highest BCUT2D eigenvalue weighted by Crippen LogP contribution is 2.19. The lowest BCUT2D eigenvalue weighted by Gasteiger charge is -2.19. The summed E-state index contributed by atoms with van der Waals surface area (Å²) in [7, 11) is 0. The van der Waals surface area contributed by atoms with Crippen LogP contribution in [-0.4, -0.2) is 34.9 Å². The molecule has 3 N–H and O–H groups in total. The molecule has 75 heavy (non-hydrogen) atoms. The van der Waals surface area contributed by atoms with Crippen LogP contribution in [0.15, 0.2) is 48.6 Å². The van der Waals surface area contributed by atoms with Gasteiger partial charge in [-0.05, 0) is 64.2 Å². The van der Waals surface area contributed by atoms with Crippen LogP contribution >= 0.6 is 0 Å². The minimum absolute atomic E-state index is 0.0662. The van der Waals surface area contributed by atoms with Gasteiger partial charge in [0.2, 0.25) is 5.91 Å². The average Bonchev–Trinajstić information content (AvgIpc) is 3.41. The van der Waals surface area contributed by atoms with Crippen LogP contribution in [0.4, 0.5) is 0 Å². The first-order valence-corrected chi connectivity index (χ1v) is 34.4. The molecule has 0 aliphatic heterocycles. The Morgan fingerprint density at radius 2 is 0.560 bits per heavy atom. The molecule has 0 bridgehead atoms. The first kappa shape index (κ1) is 73.3. The van der Waals surface area contributed by atoms with Gasteiger partial charge in [-0.1, -0.05) is 358 Å². The van der Waals surface area contributed by atoms with Crippen LogP contribution in [0.3, 0.4) is 0 Å². The van der Waals surface area contributed by atoms with E-state index in [1.165, 1.54) is 321 Å². The van der Waals surface area contributed by atoms with E-state index in [1.807, 2.05) is 6.08 Å². The molecule has 0 aliphatic rings. The Balaban J connectivity index is 3.44. The maximum absolute atomic E-state index is 12.5. The topological polar surface area (TPSA) is 69.6 Å². The van der Waals surface area contributed by atoms with Gasteiger partial charge in [0.05, 0.1) is 18.8 Å². The van der Waals surface area contributed by atoms with Crippen molar-refractivity contribution in [3.63, 3.8) is 0 Å². The molecule has 0 aromatic carbocycles. The number of hydrogen-bond donors (Lipinski definition) is 3. The molecular weight excluding hydrogens is 915 g/mol. The van der Waals surface area contributed by atoms with E-state index in [0.29, 0.717) is 6.42 Å². The average molecular weight is 1050 g/mol. The van der Waals surface area contributed by atoms with Crippen molar-refractivity contribution in [2.75, 3.05) is 6.61 Å². The Bertz CT molecular complexity index is 1190. The Morgan fingerprint density at radius 1 is 0.320 bits per heavy atom. The minimum Gasteiger partial charge on any atom is -0.394 e. The standard InChI is InChI=1S/C71H135NO3/c1-3-5-7-9-11-13-15-17-19-21-23-25-27-29-31-32-33-34-35-36-37-38-39-40-41-43-45-47-49-51-53-55-57-59-61-63-65-67-71(75)72-69(68-73)70(74)66-64-62-60-58-56-54-52-50-48-46-44-42-30-28-26-24-22-20-18-16-14-12-10-8-6-4-2/h15,17,21,23,56,58,64,66,69-70,73-74H,3-14,16,18-20,22,24-55,57,59-63,65,67-68H2,1-2H3,(H,72,75)/b17-15-,23-21-,58-56+,66-64+. The summed E-state index contributed by atoms with van der Waals surface area (Å²) in [6, 6.07) is -0.639. The summed E-state index contributed by atoms with van der Waals surface area (Å²) in [6.45, 7) is 4.33. The predicted octanol–water partition coefficient (Wildman–Crippen LogP) is 23.3. The highest BCUT2D eigenvalue weighted by molar-refractivity contribution is 5.76. The largest absolute Gasteiger partial charge is 0.394 e. The lowest BCUT2D eigenvalue weighted by atomic mass is 10.0. The molecule has 4 heteroatoms. The van der Waals surface area contributed by atoms with Crippen LogP contribution in [0.25, 0.3) is 0 Å². The van der Waals surface area contributed by atoms with Crippen LogP contribution in [0, 0.1) is 0 Å². The molecule has 0 saturated heterocycles. The molecular formula is C71H135NO3. The Kier molecular flexibility index (Phi) is 65.2. The normalized spacial score (nSPS) is 13.0. The molecule has 0 aliphatic carbocycles. The highest BCUT2D eigenvalue weighted by Gasteiger charge is 2.18. The Hall–Kier alpha value is -1.65. The van der Waals surface area contributed by atoms with Crippen molar-refractivity contribution in [3.05, 3.63) is 48.6 Å². The van der Waals surface area contributed by atoms with Gasteiger partial charge in [-0.2, -0.15) is 0 Å². The summed E-state index contributed by atoms with van der Waals surface area (Å²) in [5, 5.41) is 23.3. The Labute approximate surface area is 471 Å². The lowest BCUT2D eigenvalue weighted by Crippen LogP contribution is -2.45. The summed E-state index contributed by atoms with van der Waals surface area (Å²) in [4.78, 5) is 12.5. The van der Waals surface area contributed by atoms with Crippen molar-refractivity contribution in [1.29, 1.82) is 0 Å². The summed E-state index contributed by atoms with van der Waals surface area (Å²) in [5.74, 6) is -0.0662. The van der Waals surface area contributed by atoms with E-state index in [9.17, 15) is 15.0 Å². The zero-order valence-electron chi connectivity index (χ0n) is 51.1. The predicted molar refractivity (Wildman–Crippen MR) is 336 cm³/mol. The van der Waals surface area contributed by atoms with Crippen LogP contribution in [-0.2, 0) is 4.79 Å². The first-order chi connectivity index (χ1) is 37.2. The van der Waals surface area contributed by atoms with Crippen LogP contribution in [0.1, 0.15) is 380 Å². The first-order valence-electron chi connectivity index (χ1n) is 34.4. The molecule has 0 radical (unpaired) electrons. The SMILES string of the molecule is CCCCCCC/C=C\C/C=C\CCCCCCCCCCCCCCCCCCCCCCCCCCCC(=O)NC(CO)C(O)/C=C/CC/C=C/CCCCCCCCCCCCCCCCCCCCCC. The van der Waals surface area contributed by atoms with E-state index >= 15 is 0 Å². The molecule has 0 aromatic heterocycles. The molecule has 442 valence electrons. The number of hydrogen-bond acceptors (Lipinski definition) is 3. The van der Waals surface area contributed by atoms with Gasteiger partial charge in [-0.25, -0.2) is 0 Å². The van der Waals surface area contributed by atoms with Crippen molar-refractivity contribution in [3.8, 4) is 0 Å². The quantitative estimate of drug-likeness (QED) is 0.0420.